The van der Waals surface area contributed by atoms with Gasteiger partial charge in [0.1, 0.15) is 5.82 Å². The van der Waals surface area contributed by atoms with E-state index in [0.717, 1.165) is 6.42 Å². The lowest BCUT2D eigenvalue weighted by Gasteiger charge is -2.26. The SMILES string of the molecule is Cc1nc(S(=O)(=O)NCC(=O)N(C)C(C)CC(C)C)cn1C. The summed E-state index contributed by atoms with van der Waals surface area (Å²) in [6.45, 7) is 7.57. The number of amides is 1. The van der Waals surface area contributed by atoms with Gasteiger partial charge in [0.05, 0.1) is 6.54 Å². The van der Waals surface area contributed by atoms with Gasteiger partial charge in [0.2, 0.25) is 5.91 Å². The maximum Gasteiger partial charge on any atom is 0.260 e. The summed E-state index contributed by atoms with van der Waals surface area (Å²) >= 11 is 0. The Morgan fingerprint density at radius 1 is 1.41 bits per heavy atom. The zero-order valence-electron chi connectivity index (χ0n) is 14.1. The van der Waals surface area contributed by atoms with Crippen molar-refractivity contribution in [2.45, 2.75) is 45.2 Å². The molecule has 1 aromatic rings. The number of nitrogens with one attached hydrogen (secondary N) is 1. The number of carbonyl (C=O) groups is 1. The molecular formula is C14H26N4O3S. The molecule has 126 valence electrons. The molecule has 1 aromatic heterocycles. The van der Waals surface area contributed by atoms with Crippen molar-refractivity contribution < 1.29 is 13.2 Å². The molecule has 0 radical (unpaired) electrons. The van der Waals surface area contributed by atoms with E-state index in [2.05, 4.69) is 23.6 Å². The average Bonchev–Trinajstić information content (AvgIpc) is 2.75. The van der Waals surface area contributed by atoms with Crippen LogP contribution in [-0.2, 0) is 21.9 Å². The fourth-order valence-corrected chi connectivity index (χ4v) is 3.11. The van der Waals surface area contributed by atoms with Crippen molar-refractivity contribution in [3.05, 3.63) is 12.0 Å². The van der Waals surface area contributed by atoms with E-state index in [9.17, 15) is 13.2 Å². The zero-order chi connectivity index (χ0) is 17.1. The van der Waals surface area contributed by atoms with Gasteiger partial charge >= 0.3 is 0 Å². The number of imidazole rings is 1. The highest BCUT2D eigenvalue weighted by Crippen LogP contribution is 2.10. The molecule has 8 heteroatoms. The van der Waals surface area contributed by atoms with Crippen molar-refractivity contribution in [3.8, 4) is 0 Å². The van der Waals surface area contributed by atoms with Gasteiger partial charge in [0, 0.05) is 26.3 Å². The third-order valence-corrected chi connectivity index (χ3v) is 4.91. The summed E-state index contributed by atoms with van der Waals surface area (Å²) in [6, 6.07) is 0.0640. The minimum Gasteiger partial charge on any atom is -0.342 e. The Labute approximate surface area is 132 Å². The molecule has 0 aliphatic heterocycles. The summed E-state index contributed by atoms with van der Waals surface area (Å²) in [5.74, 6) is 0.803. The summed E-state index contributed by atoms with van der Waals surface area (Å²) in [5.41, 5.74) is 0. The second-order valence-corrected chi connectivity index (χ2v) is 7.76. The monoisotopic (exact) mass is 330 g/mol. The largest absolute Gasteiger partial charge is 0.342 e. The van der Waals surface area contributed by atoms with Gasteiger partial charge in [-0.25, -0.2) is 18.1 Å². The van der Waals surface area contributed by atoms with E-state index in [1.165, 1.54) is 6.20 Å². The molecule has 22 heavy (non-hydrogen) atoms. The minimum atomic E-state index is -3.77. The molecule has 0 fully saturated rings. The number of likely N-dealkylation sites (N-methyl/N-ethyl adjacent to an activating group) is 1. The highest BCUT2D eigenvalue weighted by Gasteiger charge is 2.22. The van der Waals surface area contributed by atoms with E-state index in [-0.39, 0.29) is 23.5 Å². The van der Waals surface area contributed by atoms with Crippen LogP contribution in [0, 0.1) is 12.8 Å². The molecule has 0 aliphatic carbocycles. The molecule has 1 rings (SSSR count). The Kier molecular flexibility index (Phi) is 6.13. The van der Waals surface area contributed by atoms with Gasteiger partial charge in [-0.2, -0.15) is 0 Å². The first-order chi connectivity index (χ1) is 10.0. The van der Waals surface area contributed by atoms with Gasteiger partial charge < -0.3 is 9.47 Å². The lowest BCUT2D eigenvalue weighted by molar-refractivity contribution is -0.130. The number of carbonyl (C=O) groups excluding carboxylic acids is 1. The molecule has 0 saturated carbocycles. The van der Waals surface area contributed by atoms with Crippen molar-refractivity contribution in [2.75, 3.05) is 13.6 Å². The normalized spacial score (nSPS) is 13.4. The second-order valence-electron chi connectivity index (χ2n) is 6.05. The Balaban J connectivity index is 2.66. The molecule has 1 unspecified atom stereocenters. The summed E-state index contributed by atoms with van der Waals surface area (Å²) in [4.78, 5) is 17.6. The number of aromatic nitrogens is 2. The average molecular weight is 330 g/mol. The van der Waals surface area contributed by atoms with Crippen molar-refractivity contribution >= 4 is 15.9 Å². The van der Waals surface area contributed by atoms with Crippen LogP contribution in [0.2, 0.25) is 0 Å². The van der Waals surface area contributed by atoms with E-state index in [1.807, 2.05) is 6.92 Å². The van der Waals surface area contributed by atoms with Gasteiger partial charge in [-0.1, -0.05) is 13.8 Å². The van der Waals surface area contributed by atoms with Crippen LogP contribution in [-0.4, -0.2) is 48.4 Å². The number of hydrogen-bond acceptors (Lipinski definition) is 4. The van der Waals surface area contributed by atoms with Gasteiger partial charge in [-0.15, -0.1) is 0 Å². The first-order valence-corrected chi connectivity index (χ1v) is 8.78. The summed E-state index contributed by atoms with van der Waals surface area (Å²) in [7, 11) is -0.364. The molecular weight excluding hydrogens is 304 g/mol. The maximum absolute atomic E-state index is 12.1. The molecule has 0 saturated heterocycles. The van der Waals surface area contributed by atoms with E-state index < -0.39 is 10.0 Å². The molecule has 1 amide bonds. The Hall–Kier alpha value is -1.41. The highest BCUT2D eigenvalue weighted by molar-refractivity contribution is 7.89. The van der Waals surface area contributed by atoms with Crippen LogP contribution in [0.25, 0.3) is 0 Å². The summed E-state index contributed by atoms with van der Waals surface area (Å²) in [6.07, 6.45) is 2.29. The first kappa shape index (κ1) is 18.6. The van der Waals surface area contributed by atoms with Gasteiger partial charge in [-0.05, 0) is 26.2 Å². The quantitative estimate of drug-likeness (QED) is 0.805. The molecule has 0 aliphatic rings. The molecule has 1 atom stereocenters. The van der Waals surface area contributed by atoms with Crippen LogP contribution < -0.4 is 4.72 Å². The lowest BCUT2D eigenvalue weighted by Crippen LogP contribution is -2.42. The zero-order valence-corrected chi connectivity index (χ0v) is 14.9. The number of hydrogen-bond donors (Lipinski definition) is 1. The van der Waals surface area contributed by atoms with Crippen molar-refractivity contribution in [3.63, 3.8) is 0 Å². The maximum atomic E-state index is 12.1. The van der Waals surface area contributed by atoms with Crippen molar-refractivity contribution in [1.82, 2.24) is 19.2 Å². The topological polar surface area (TPSA) is 84.3 Å². The predicted octanol–water partition coefficient (Wildman–Crippen LogP) is 0.900. The van der Waals surface area contributed by atoms with E-state index in [4.69, 9.17) is 0 Å². The third-order valence-electron chi connectivity index (χ3n) is 3.64. The number of sulfonamides is 1. The fourth-order valence-electron chi connectivity index (χ4n) is 2.10. The third kappa shape index (κ3) is 4.81. The van der Waals surface area contributed by atoms with E-state index in [0.29, 0.717) is 11.7 Å². The highest BCUT2D eigenvalue weighted by atomic mass is 32.2. The number of aryl methyl sites for hydroxylation is 2. The van der Waals surface area contributed by atoms with Crippen LogP contribution in [0.15, 0.2) is 11.2 Å². The van der Waals surface area contributed by atoms with Crippen molar-refractivity contribution in [1.29, 1.82) is 0 Å². The Morgan fingerprint density at radius 3 is 2.45 bits per heavy atom. The number of rotatable bonds is 7. The van der Waals surface area contributed by atoms with Crippen LogP contribution >= 0.6 is 0 Å². The lowest BCUT2D eigenvalue weighted by atomic mass is 10.0. The smallest absolute Gasteiger partial charge is 0.260 e. The molecule has 1 N–H and O–H groups in total. The van der Waals surface area contributed by atoms with Crippen molar-refractivity contribution in [2.24, 2.45) is 13.0 Å². The van der Waals surface area contributed by atoms with Crippen LogP contribution in [0.3, 0.4) is 0 Å². The fraction of sp³-hybridized carbons (Fsp3) is 0.714. The Morgan fingerprint density at radius 2 is 2.00 bits per heavy atom. The van der Waals surface area contributed by atoms with Crippen LogP contribution in [0.1, 0.15) is 33.0 Å². The standard InChI is InChI=1S/C14H26N4O3S/c1-10(2)7-11(3)18(6)14(19)8-15-22(20,21)13-9-17(5)12(4)16-13/h9-11,15H,7-8H2,1-6H3. The molecule has 7 nitrogen and oxygen atoms in total. The van der Waals surface area contributed by atoms with Gasteiger partial charge in [0.15, 0.2) is 5.03 Å². The van der Waals surface area contributed by atoms with Crippen LogP contribution in [0.4, 0.5) is 0 Å². The summed E-state index contributed by atoms with van der Waals surface area (Å²) < 4.78 is 28.2. The molecule has 0 bridgehead atoms. The van der Waals surface area contributed by atoms with Gasteiger partial charge in [-0.3, -0.25) is 4.79 Å². The minimum absolute atomic E-state index is 0.0640. The first-order valence-electron chi connectivity index (χ1n) is 7.30. The predicted molar refractivity (Wildman–Crippen MR) is 84.8 cm³/mol. The number of nitrogens with zero attached hydrogens (tertiary/aromatic N) is 3. The Bertz CT molecular complexity index is 603. The second kappa shape index (κ2) is 7.23. The van der Waals surface area contributed by atoms with E-state index in [1.54, 1.807) is 30.5 Å². The molecule has 0 spiro atoms. The van der Waals surface area contributed by atoms with Crippen LogP contribution in [0.5, 0.6) is 0 Å². The van der Waals surface area contributed by atoms with Gasteiger partial charge in [0.25, 0.3) is 10.0 Å². The molecule has 0 aromatic carbocycles. The summed E-state index contributed by atoms with van der Waals surface area (Å²) in [5, 5.41) is -0.0711. The molecule has 1 heterocycles. The van der Waals surface area contributed by atoms with E-state index >= 15 is 0 Å².